The minimum absolute atomic E-state index is 0.0806. The van der Waals surface area contributed by atoms with Crippen LogP contribution in [0.25, 0.3) is 6.08 Å². The molecule has 1 N–H and O–H groups in total. The van der Waals surface area contributed by atoms with Crippen molar-refractivity contribution in [2.45, 2.75) is 32.9 Å². The van der Waals surface area contributed by atoms with Crippen molar-refractivity contribution in [3.05, 3.63) is 96.2 Å². The van der Waals surface area contributed by atoms with Gasteiger partial charge in [0.05, 0.1) is 34.6 Å². The van der Waals surface area contributed by atoms with Gasteiger partial charge in [0, 0.05) is 5.56 Å². The number of carbonyl (C=O) groups excluding carboxylic acids is 1. The van der Waals surface area contributed by atoms with E-state index in [1.165, 1.54) is 23.8 Å². The molecular formula is C26H24N2O6S. The molecular weight excluding hydrogens is 468 g/mol. The van der Waals surface area contributed by atoms with Crippen LogP contribution in [0.15, 0.2) is 69.6 Å². The maximum atomic E-state index is 13.7. The van der Waals surface area contributed by atoms with E-state index in [9.17, 15) is 19.5 Å². The molecule has 35 heavy (non-hydrogen) atoms. The summed E-state index contributed by atoms with van der Waals surface area (Å²) in [6, 6.07) is 12.8. The number of hydrogen-bond acceptors (Lipinski definition) is 7. The summed E-state index contributed by atoms with van der Waals surface area (Å²) in [6.45, 7) is 5.48. The molecule has 180 valence electrons. The number of carboxylic acids is 1. The number of para-hydroxylation sites is 1. The number of fused-ring (bicyclic) bond motifs is 1. The highest BCUT2D eigenvalue weighted by Crippen LogP contribution is 2.36. The molecule has 1 aliphatic rings. The van der Waals surface area contributed by atoms with Gasteiger partial charge in [-0.1, -0.05) is 47.7 Å². The highest BCUT2D eigenvalue weighted by atomic mass is 32.1. The average Bonchev–Trinajstić information content (AvgIpc) is 3.12. The summed E-state index contributed by atoms with van der Waals surface area (Å²) in [5.74, 6) is -1.15. The standard InChI is InChI=1S/C26H24N2O6S/c1-14(2)34-19-12-8-7-11-18(19)22-21(25(32)33-4)15(3)27-26-28(22)23(29)20(35-26)13-16-9-5-6-10-17(16)24(30)31/h5-14,22H,1-4H3,(H,30,31)/b20-13-/t22-/m0/s1. The van der Waals surface area contributed by atoms with Crippen molar-refractivity contribution in [2.24, 2.45) is 4.99 Å². The zero-order valence-electron chi connectivity index (χ0n) is 19.6. The Labute approximate surface area is 205 Å². The minimum Gasteiger partial charge on any atom is -0.491 e. The van der Waals surface area contributed by atoms with Crippen molar-refractivity contribution < 1.29 is 24.2 Å². The highest BCUT2D eigenvalue weighted by molar-refractivity contribution is 7.07. The normalized spacial score (nSPS) is 15.6. The predicted molar refractivity (Wildman–Crippen MR) is 131 cm³/mol. The van der Waals surface area contributed by atoms with Crippen molar-refractivity contribution in [3.8, 4) is 5.75 Å². The topological polar surface area (TPSA) is 107 Å². The smallest absolute Gasteiger partial charge is 0.338 e. The van der Waals surface area contributed by atoms with Crippen molar-refractivity contribution in [3.63, 3.8) is 0 Å². The van der Waals surface area contributed by atoms with Crippen LogP contribution in [-0.4, -0.2) is 34.8 Å². The second-order valence-corrected chi connectivity index (χ2v) is 9.18. The molecule has 3 aromatic rings. The Morgan fingerprint density at radius 1 is 1.14 bits per heavy atom. The molecule has 0 radical (unpaired) electrons. The molecule has 1 aromatic heterocycles. The monoisotopic (exact) mass is 492 g/mol. The number of allylic oxidation sites excluding steroid dienone is 1. The summed E-state index contributed by atoms with van der Waals surface area (Å²) in [7, 11) is 1.28. The van der Waals surface area contributed by atoms with Crippen LogP contribution in [0.3, 0.4) is 0 Å². The van der Waals surface area contributed by atoms with Crippen molar-refractivity contribution in [2.75, 3.05) is 7.11 Å². The lowest BCUT2D eigenvalue weighted by Crippen LogP contribution is -2.40. The van der Waals surface area contributed by atoms with Gasteiger partial charge in [-0.15, -0.1) is 0 Å². The van der Waals surface area contributed by atoms with E-state index in [-0.39, 0.29) is 17.2 Å². The first kappa shape index (κ1) is 24.2. The fourth-order valence-corrected chi connectivity index (χ4v) is 5.05. The second kappa shape index (κ2) is 9.71. The maximum absolute atomic E-state index is 13.7. The lowest BCUT2D eigenvalue weighted by molar-refractivity contribution is -0.136. The highest BCUT2D eigenvalue weighted by Gasteiger charge is 2.35. The number of aromatic carboxylic acids is 1. The van der Waals surface area contributed by atoms with Gasteiger partial charge in [-0.05, 0) is 44.5 Å². The van der Waals surface area contributed by atoms with E-state index in [0.29, 0.717) is 31.9 Å². The van der Waals surface area contributed by atoms with Gasteiger partial charge < -0.3 is 14.6 Å². The summed E-state index contributed by atoms with van der Waals surface area (Å²) >= 11 is 1.13. The Morgan fingerprint density at radius 3 is 2.51 bits per heavy atom. The molecule has 1 aliphatic heterocycles. The lowest BCUT2D eigenvalue weighted by atomic mass is 9.95. The maximum Gasteiger partial charge on any atom is 0.338 e. The third kappa shape index (κ3) is 4.54. The average molecular weight is 493 g/mol. The van der Waals surface area contributed by atoms with Gasteiger partial charge in [-0.2, -0.15) is 0 Å². The molecule has 0 bridgehead atoms. The summed E-state index contributed by atoms with van der Waals surface area (Å²) < 4.78 is 12.8. The Hall–Kier alpha value is -3.98. The largest absolute Gasteiger partial charge is 0.491 e. The van der Waals surface area contributed by atoms with Gasteiger partial charge >= 0.3 is 11.9 Å². The van der Waals surface area contributed by atoms with Gasteiger partial charge in [-0.3, -0.25) is 9.36 Å². The van der Waals surface area contributed by atoms with E-state index in [1.54, 1.807) is 37.3 Å². The molecule has 2 heterocycles. The van der Waals surface area contributed by atoms with Gasteiger partial charge in [0.2, 0.25) is 0 Å². The number of ether oxygens (including phenoxy) is 2. The first-order chi connectivity index (χ1) is 16.7. The Bertz CT molecular complexity index is 1530. The van der Waals surface area contributed by atoms with Crippen LogP contribution in [-0.2, 0) is 9.53 Å². The summed E-state index contributed by atoms with van der Waals surface area (Å²) in [6.07, 6.45) is 1.41. The number of nitrogens with zero attached hydrogens (tertiary/aromatic N) is 2. The summed E-state index contributed by atoms with van der Waals surface area (Å²) in [5.41, 5.74) is 1.37. The van der Waals surface area contributed by atoms with E-state index < -0.39 is 23.5 Å². The van der Waals surface area contributed by atoms with Crippen LogP contribution in [0.4, 0.5) is 0 Å². The van der Waals surface area contributed by atoms with E-state index >= 15 is 0 Å². The molecule has 0 fully saturated rings. The van der Waals surface area contributed by atoms with Gasteiger partial charge in [-0.25, -0.2) is 14.6 Å². The Kier molecular flexibility index (Phi) is 6.70. The quantitative estimate of drug-likeness (QED) is 0.531. The minimum atomic E-state index is -1.09. The summed E-state index contributed by atoms with van der Waals surface area (Å²) in [5, 5.41) is 9.54. The van der Waals surface area contributed by atoms with Crippen molar-refractivity contribution in [1.82, 2.24) is 4.57 Å². The number of carboxylic acid groups (broad SMARTS) is 1. The van der Waals surface area contributed by atoms with E-state index in [4.69, 9.17) is 9.47 Å². The molecule has 9 heteroatoms. The van der Waals surface area contributed by atoms with Crippen LogP contribution in [0.2, 0.25) is 0 Å². The molecule has 2 aromatic carbocycles. The first-order valence-electron chi connectivity index (χ1n) is 10.9. The van der Waals surface area contributed by atoms with Crippen LogP contribution in [0.5, 0.6) is 5.75 Å². The molecule has 0 saturated carbocycles. The summed E-state index contributed by atoms with van der Waals surface area (Å²) in [4.78, 5) is 43.1. The van der Waals surface area contributed by atoms with Crippen LogP contribution in [0, 0.1) is 0 Å². The van der Waals surface area contributed by atoms with E-state index in [0.717, 1.165) is 11.3 Å². The predicted octanol–water partition coefficient (Wildman–Crippen LogP) is 2.89. The van der Waals surface area contributed by atoms with E-state index in [1.807, 2.05) is 26.0 Å². The second-order valence-electron chi connectivity index (χ2n) is 8.17. The molecule has 0 saturated heterocycles. The number of carbonyl (C=O) groups is 2. The molecule has 0 spiro atoms. The van der Waals surface area contributed by atoms with Crippen molar-refractivity contribution >= 4 is 29.4 Å². The van der Waals surface area contributed by atoms with Crippen molar-refractivity contribution in [1.29, 1.82) is 0 Å². The number of rotatable bonds is 6. The van der Waals surface area contributed by atoms with Crippen LogP contribution in [0.1, 0.15) is 48.3 Å². The number of hydrogen-bond donors (Lipinski definition) is 1. The number of aromatic nitrogens is 1. The van der Waals surface area contributed by atoms with Crippen LogP contribution < -0.4 is 19.6 Å². The SMILES string of the molecule is COC(=O)C1=C(C)N=c2s/c(=C\c3ccccc3C(=O)O)c(=O)n2[C@H]1c1ccccc1OC(C)C. The van der Waals surface area contributed by atoms with Gasteiger partial charge in [0.25, 0.3) is 5.56 Å². The molecule has 0 aliphatic carbocycles. The molecule has 0 amide bonds. The fourth-order valence-electron chi connectivity index (χ4n) is 4.01. The first-order valence-corrected chi connectivity index (χ1v) is 11.7. The van der Waals surface area contributed by atoms with Gasteiger partial charge in [0.15, 0.2) is 4.80 Å². The number of esters is 1. The van der Waals surface area contributed by atoms with E-state index in [2.05, 4.69) is 4.99 Å². The number of methoxy groups -OCH3 is 1. The lowest BCUT2D eigenvalue weighted by Gasteiger charge is -2.26. The number of benzene rings is 2. The molecule has 8 nitrogen and oxygen atoms in total. The zero-order valence-corrected chi connectivity index (χ0v) is 20.5. The Balaban J connectivity index is 2.01. The van der Waals surface area contributed by atoms with Gasteiger partial charge in [0.1, 0.15) is 11.8 Å². The fraction of sp³-hybridized carbons (Fsp3) is 0.231. The Morgan fingerprint density at radius 2 is 1.83 bits per heavy atom. The van der Waals surface area contributed by atoms with Crippen LogP contribution >= 0.6 is 11.3 Å². The number of thiazole rings is 1. The molecule has 4 rings (SSSR count). The molecule has 1 atom stereocenters. The third-order valence-corrected chi connectivity index (χ3v) is 6.46. The third-order valence-electron chi connectivity index (χ3n) is 5.48. The molecule has 0 unspecified atom stereocenters. The zero-order chi connectivity index (χ0) is 25.3.